The van der Waals surface area contributed by atoms with Gasteiger partial charge in [0.2, 0.25) is 0 Å². The molecule has 0 radical (unpaired) electrons. The molecule has 2 nitrogen and oxygen atoms in total. The zero-order valence-electron chi connectivity index (χ0n) is 8.05. The van der Waals surface area contributed by atoms with Crippen molar-refractivity contribution in [2.75, 3.05) is 0 Å². The molecule has 1 saturated carbocycles. The van der Waals surface area contributed by atoms with Crippen LogP contribution in [0.25, 0.3) is 0 Å². The molecule has 0 spiro atoms. The highest BCUT2D eigenvalue weighted by molar-refractivity contribution is 5.93. The zero-order chi connectivity index (χ0) is 11.1. The van der Waals surface area contributed by atoms with Crippen LogP contribution in [0.4, 0.5) is 13.2 Å². The number of rotatable bonds is 0. The minimum absolute atomic E-state index is 0.124. The van der Waals surface area contributed by atoms with Gasteiger partial charge < -0.3 is 5.32 Å². The first-order chi connectivity index (χ1) is 7.00. The highest BCUT2D eigenvalue weighted by Gasteiger charge is 2.50. The molecule has 2 rings (SSSR count). The molecule has 5 heteroatoms. The monoisotopic (exact) mass is 219 g/mol. The van der Waals surface area contributed by atoms with Gasteiger partial charge in [0.1, 0.15) is 0 Å². The topological polar surface area (TPSA) is 29.1 Å². The standard InChI is InChI=1S/C10H12F3NO/c11-10(12,13)7-3-1-2-6-8(15)4-5-14-9(6)7/h4-7,9,14H,1-3H2. The molecule has 84 valence electrons. The van der Waals surface area contributed by atoms with Gasteiger partial charge in [0, 0.05) is 18.2 Å². The Hall–Kier alpha value is -1.00. The SMILES string of the molecule is O=C1C=CNC2C1CCCC2C(F)(F)F. The summed E-state index contributed by atoms with van der Waals surface area (Å²) in [6.45, 7) is 0. The minimum atomic E-state index is -4.21. The lowest BCUT2D eigenvalue weighted by atomic mass is 9.73. The van der Waals surface area contributed by atoms with Gasteiger partial charge in [-0.15, -0.1) is 0 Å². The van der Waals surface area contributed by atoms with Crippen LogP contribution in [0.5, 0.6) is 0 Å². The van der Waals surface area contributed by atoms with E-state index in [0.717, 1.165) is 0 Å². The van der Waals surface area contributed by atoms with Crippen LogP contribution >= 0.6 is 0 Å². The summed E-state index contributed by atoms with van der Waals surface area (Å²) in [6, 6.07) is -0.753. The van der Waals surface area contributed by atoms with Crippen molar-refractivity contribution in [3.63, 3.8) is 0 Å². The summed E-state index contributed by atoms with van der Waals surface area (Å²) in [7, 11) is 0. The Kier molecular flexibility index (Phi) is 2.48. The molecule has 1 heterocycles. The van der Waals surface area contributed by atoms with E-state index in [4.69, 9.17) is 0 Å². The molecule has 0 aromatic rings. The Labute approximate surface area is 85.5 Å². The quantitative estimate of drug-likeness (QED) is 0.675. The van der Waals surface area contributed by atoms with Gasteiger partial charge in [0.05, 0.1) is 5.92 Å². The van der Waals surface area contributed by atoms with Crippen LogP contribution in [0, 0.1) is 11.8 Å². The van der Waals surface area contributed by atoms with Crippen LogP contribution in [0.3, 0.4) is 0 Å². The molecule has 0 saturated heterocycles. The van der Waals surface area contributed by atoms with E-state index in [2.05, 4.69) is 5.32 Å². The van der Waals surface area contributed by atoms with E-state index in [1.165, 1.54) is 12.3 Å². The summed E-state index contributed by atoms with van der Waals surface area (Å²) in [5.41, 5.74) is 0. The summed E-state index contributed by atoms with van der Waals surface area (Å²) < 4.78 is 38.0. The third-order valence-corrected chi connectivity index (χ3v) is 3.22. The number of hydrogen-bond acceptors (Lipinski definition) is 2. The van der Waals surface area contributed by atoms with Crippen molar-refractivity contribution < 1.29 is 18.0 Å². The number of halogens is 3. The molecular weight excluding hydrogens is 207 g/mol. The van der Waals surface area contributed by atoms with Crippen molar-refractivity contribution in [2.45, 2.75) is 31.5 Å². The van der Waals surface area contributed by atoms with E-state index in [-0.39, 0.29) is 12.2 Å². The normalized spacial score (nSPS) is 35.9. The van der Waals surface area contributed by atoms with Crippen LogP contribution in [0.1, 0.15) is 19.3 Å². The van der Waals surface area contributed by atoms with E-state index in [0.29, 0.717) is 12.8 Å². The second kappa shape index (κ2) is 3.54. The maximum Gasteiger partial charge on any atom is 0.393 e. The Morgan fingerprint density at radius 3 is 2.73 bits per heavy atom. The average Bonchev–Trinajstić information content (AvgIpc) is 2.16. The van der Waals surface area contributed by atoms with Gasteiger partial charge in [0.15, 0.2) is 5.78 Å². The Morgan fingerprint density at radius 2 is 2.07 bits per heavy atom. The number of allylic oxidation sites excluding steroid dienone is 1. The molecule has 1 aliphatic carbocycles. The summed E-state index contributed by atoms with van der Waals surface area (Å²) in [4.78, 5) is 11.4. The molecule has 3 atom stereocenters. The van der Waals surface area contributed by atoms with Crippen molar-refractivity contribution >= 4 is 5.78 Å². The second-order valence-corrected chi connectivity index (χ2v) is 4.11. The number of hydrogen-bond donors (Lipinski definition) is 1. The lowest BCUT2D eigenvalue weighted by Gasteiger charge is -2.39. The number of carbonyl (C=O) groups is 1. The Balaban J connectivity index is 2.22. The van der Waals surface area contributed by atoms with Gasteiger partial charge in [-0.2, -0.15) is 13.2 Å². The molecule has 1 fully saturated rings. The van der Waals surface area contributed by atoms with E-state index >= 15 is 0 Å². The number of alkyl halides is 3. The minimum Gasteiger partial charge on any atom is -0.387 e. The molecule has 2 aliphatic rings. The molecule has 15 heavy (non-hydrogen) atoms. The van der Waals surface area contributed by atoms with Crippen LogP contribution in [0.15, 0.2) is 12.3 Å². The first-order valence-corrected chi connectivity index (χ1v) is 5.03. The molecule has 3 unspecified atom stereocenters. The molecule has 1 N–H and O–H groups in total. The van der Waals surface area contributed by atoms with Crippen LogP contribution in [-0.2, 0) is 4.79 Å². The maximum atomic E-state index is 12.7. The molecular formula is C10H12F3NO. The molecule has 1 aliphatic heterocycles. The summed E-state index contributed by atoms with van der Waals surface area (Å²) in [5, 5.41) is 2.69. The van der Waals surface area contributed by atoms with Gasteiger partial charge >= 0.3 is 6.18 Å². The summed E-state index contributed by atoms with van der Waals surface area (Å²) in [6.07, 6.45) is -0.367. The first-order valence-electron chi connectivity index (χ1n) is 5.03. The van der Waals surface area contributed by atoms with E-state index in [1.807, 2.05) is 0 Å². The van der Waals surface area contributed by atoms with Gasteiger partial charge in [-0.3, -0.25) is 4.79 Å². The third-order valence-electron chi connectivity index (χ3n) is 3.22. The van der Waals surface area contributed by atoms with E-state index < -0.39 is 24.1 Å². The fraction of sp³-hybridized carbons (Fsp3) is 0.700. The van der Waals surface area contributed by atoms with Crippen molar-refractivity contribution in [1.29, 1.82) is 0 Å². The van der Waals surface area contributed by atoms with Gasteiger partial charge in [0.25, 0.3) is 0 Å². The smallest absolute Gasteiger partial charge is 0.387 e. The van der Waals surface area contributed by atoms with E-state index in [9.17, 15) is 18.0 Å². The highest BCUT2D eigenvalue weighted by Crippen LogP contribution is 2.41. The molecule has 0 amide bonds. The number of ketones is 1. The van der Waals surface area contributed by atoms with E-state index in [1.54, 1.807) is 0 Å². The third kappa shape index (κ3) is 1.87. The van der Waals surface area contributed by atoms with Crippen molar-refractivity contribution in [1.82, 2.24) is 5.32 Å². The fourth-order valence-electron chi connectivity index (χ4n) is 2.48. The van der Waals surface area contributed by atoms with Crippen LogP contribution < -0.4 is 5.32 Å². The highest BCUT2D eigenvalue weighted by atomic mass is 19.4. The predicted molar refractivity (Wildman–Crippen MR) is 48.0 cm³/mol. The van der Waals surface area contributed by atoms with Gasteiger partial charge in [-0.05, 0) is 18.9 Å². The maximum absolute atomic E-state index is 12.7. The molecule has 0 aromatic heterocycles. The average molecular weight is 219 g/mol. The summed E-state index contributed by atoms with van der Waals surface area (Å²) in [5.74, 6) is -2.05. The van der Waals surface area contributed by atoms with Crippen molar-refractivity contribution in [3.8, 4) is 0 Å². The second-order valence-electron chi connectivity index (χ2n) is 4.11. The lowest BCUT2D eigenvalue weighted by Crippen LogP contribution is -2.52. The number of carbonyl (C=O) groups excluding carboxylic acids is 1. The summed E-state index contributed by atoms with van der Waals surface area (Å²) >= 11 is 0. The number of fused-ring (bicyclic) bond motifs is 1. The van der Waals surface area contributed by atoms with Crippen molar-refractivity contribution in [2.24, 2.45) is 11.8 Å². The fourth-order valence-corrected chi connectivity index (χ4v) is 2.48. The first kappa shape index (κ1) is 10.5. The number of nitrogens with one attached hydrogen (secondary N) is 1. The Morgan fingerprint density at radius 1 is 1.33 bits per heavy atom. The van der Waals surface area contributed by atoms with Crippen LogP contribution in [0.2, 0.25) is 0 Å². The van der Waals surface area contributed by atoms with Gasteiger partial charge in [-0.1, -0.05) is 6.42 Å². The Bertz CT molecular complexity index is 298. The predicted octanol–water partition coefficient (Wildman–Crippen LogP) is 2.02. The van der Waals surface area contributed by atoms with Crippen molar-refractivity contribution in [3.05, 3.63) is 12.3 Å². The zero-order valence-corrected chi connectivity index (χ0v) is 8.05. The lowest BCUT2D eigenvalue weighted by molar-refractivity contribution is -0.193. The van der Waals surface area contributed by atoms with Gasteiger partial charge in [-0.25, -0.2) is 0 Å². The molecule has 0 aromatic carbocycles. The van der Waals surface area contributed by atoms with Crippen LogP contribution in [-0.4, -0.2) is 18.0 Å². The molecule has 0 bridgehead atoms. The largest absolute Gasteiger partial charge is 0.393 e.